The summed E-state index contributed by atoms with van der Waals surface area (Å²) in [6.45, 7) is 1.80. The number of hydrogen-bond acceptors (Lipinski definition) is 4. The molecule has 0 amide bonds. The lowest BCUT2D eigenvalue weighted by atomic mass is 9.99. The average molecular weight is 304 g/mol. The van der Waals surface area contributed by atoms with Crippen LogP contribution in [0.3, 0.4) is 0 Å². The molecular weight excluding hydrogens is 287 g/mol. The van der Waals surface area contributed by atoms with E-state index in [1.165, 1.54) is 33.5 Å². The number of hydrogen-bond donors (Lipinski definition) is 0. The molecule has 2 aromatic carbocycles. The molecule has 0 aliphatic carbocycles. The molecule has 0 N–H and O–H groups in total. The Morgan fingerprint density at radius 2 is 1.59 bits per heavy atom. The molecule has 0 unspecified atom stereocenters. The van der Waals surface area contributed by atoms with Crippen LogP contribution in [0, 0.1) is 12.7 Å². The van der Waals surface area contributed by atoms with E-state index in [1.54, 1.807) is 25.1 Å². The Morgan fingerprint density at radius 1 is 0.909 bits per heavy atom. The van der Waals surface area contributed by atoms with Crippen LogP contribution in [-0.2, 0) is 0 Å². The smallest absolute Gasteiger partial charge is 0.199 e. The second-order valence-electron chi connectivity index (χ2n) is 4.70. The van der Waals surface area contributed by atoms with Crippen molar-refractivity contribution >= 4 is 5.78 Å². The van der Waals surface area contributed by atoms with Crippen LogP contribution in [0.25, 0.3) is 0 Å². The molecule has 22 heavy (non-hydrogen) atoms. The fourth-order valence-electron chi connectivity index (χ4n) is 2.19. The third kappa shape index (κ3) is 2.88. The van der Waals surface area contributed by atoms with Crippen LogP contribution in [0.1, 0.15) is 21.5 Å². The number of rotatable bonds is 5. The van der Waals surface area contributed by atoms with Gasteiger partial charge in [0.1, 0.15) is 23.1 Å². The number of carbonyl (C=O) groups excluding carboxylic acids is 1. The summed E-state index contributed by atoms with van der Waals surface area (Å²) in [4.78, 5) is 12.6. The quantitative estimate of drug-likeness (QED) is 0.794. The molecule has 0 aliphatic heterocycles. The highest BCUT2D eigenvalue weighted by Crippen LogP contribution is 2.31. The lowest BCUT2D eigenvalue weighted by Gasteiger charge is -2.13. The van der Waals surface area contributed by atoms with Crippen molar-refractivity contribution in [3.05, 3.63) is 52.8 Å². The Labute approximate surface area is 128 Å². The molecule has 0 saturated heterocycles. The van der Waals surface area contributed by atoms with Crippen molar-refractivity contribution in [1.29, 1.82) is 0 Å². The normalized spacial score (nSPS) is 10.2. The number of halogens is 1. The van der Waals surface area contributed by atoms with Crippen LogP contribution >= 0.6 is 0 Å². The van der Waals surface area contributed by atoms with Crippen LogP contribution in [0.2, 0.25) is 0 Å². The highest BCUT2D eigenvalue weighted by atomic mass is 19.1. The number of ether oxygens (including phenoxy) is 3. The van der Waals surface area contributed by atoms with Gasteiger partial charge in [0, 0.05) is 12.1 Å². The first-order valence-corrected chi connectivity index (χ1v) is 6.62. The maximum absolute atomic E-state index is 14.1. The van der Waals surface area contributed by atoms with Gasteiger partial charge in [0.05, 0.1) is 32.5 Å². The highest BCUT2D eigenvalue weighted by molar-refractivity contribution is 6.11. The first kappa shape index (κ1) is 15.8. The third-order valence-corrected chi connectivity index (χ3v) is 3.38. The van der Waals surface area contributed by atoms with E-state index in [4.69, 9.17) is 14.2 Å². The van der Waals surface area contributed by atoms with Gasteiger partial charge in [0.2, 0.25) is 0 Å². The van der Waals surface area contributed by atoms with Crippen LogP contribution < -0.4 is 14.2 Å². The van der Waals surface area contributed by atoms with Crippen molar-refractivity contribution in [2.45, 2.75) is 6.92 Å². The van der Waals surface area contributed by atoms with Crippen LogP contribution in [0.4, 0.5) is 4.39 Å². The minimum Gasteiger partial charge on any atom is -0.497 e. The average Bonchev–Trinajstić information content (AvgIpc) is 2.53. The molecule has 0 atom stereocenters. The molecule has 0 spiro atoms. The maximum Gasteiger partial charge on any atom is 0.199 e. The zero-order chi connectivity index (χ0) is 16.3. The van der Waals surface area contributed by atoms with E-state index in [2.05, 4.69) is 0 Å². The second-order valence-corrected chi connectivity index (χ2v) is 4.70. The zero-order valence-corrected chi connectivity index (χ0v) is 12.9. The minimum absolute atomic E-state index is 0.0383. The maximum atomic E-state index is 14.1. The first-order valence-electron chi connectivity index (χ1n) is 6.62. The van der Waals surface area contributed by atoms with E-state index in [9.17, 15) is 9.18 Å². The molecule has 2 aromatic rings. The Kier molecular flexibility index (Phi) is 4.65. The summed E-state index contributed by atoms with van der Waals surface area (Å²) in [6, 6.07) is 7.36. The zero-order valence-electron chi connectivity index (χ0n) is 12.9. The number of methoxy groups -OCH3 is 3. The van der Waals surface area contributed by atoms with Gasteiger partial charge in [-0.1, -0.05) is 0 Å². The summed E-state index contributed by atoms with van der Waals surface area (Å²) in [6.07, 6.45) is 0. The van der Waals surface area contributed by atoms with E-state index in [-0.39, 0.29) is 11.1 Å². The van der Waals surface area contributed by atoms with E-state index >= 15 is 0 Å². The van der Waals surface area contributed by atoms with Crippen molar-refractivity contribution in [2.75, 3.05) is 21.3 Å². The van der Waals surface area contributed by atoms with Crippen molar-refractivity contribution in [3.8, 4) is 17.2 Å². The van der Waals surface area contributed by atoms with E-state index in [0.29, 0.717) is 17.2 Å². The highest BCUT2D eigenvalue weighted by Gasteiger charge is 2.20. The molecule has 0 saturated carbocycles. The molecule has 0 heterocycles. The Bertz CT molecular complexity index is 710. The van der Waals surface area contributed by atoms with Gasteiger partial charge in [-0.25, -0.2) is 4.39 Å². The molecule has 0 aliphatic rings. The Morgan fingerprint density at radius 3 is 2.14 bits per heavy atom. The van der Waals surface area contributed by atoms with Crippen molar-refractivity contribution < 1.29 is 23.4 Å². The largest absolute Gasteiger partial charge is 0.497 e. The van der Waals surface area contributed by atoms with Crippen molar-refractivity contribution in [2.24, 2.45) is 0 Å². The third-order valence-electron chi connectivity index (χ3n) is 3.38. The number of ketones is 1. The second kappa shape index (κ2) is 6.47. The molecule has 116 valence electrons. The summed E-state index contributed by atoms with van der Waals surface area (Å²) < 4.78 is 29.4. The lowest BCUT2D eigenvalue weighted by Crippen LogP contribution is -2.07. The van der Waals surface area contributed by atoms with Gasteiger partial charge < -0.3 is 14.2 Å². The van der Waals surface area contributed by atoms with Gasteiger partial charge in [0.25, 0.3) is 0 Å². The van der Waals surface area contributed by atoms with Crippen molar-refractivity contribution in [1.82, 2.24) is 0 Å². The van der Waals surface area contributed by atoms with Crippen LogP contribution in [0.5, 0.6) is 17.2 Å². The number of benzene rings is 2. The van der Waals surface area contributed by atoms with E-state index in [0.717, 1.165) is 5.56 Å². The van der Waals surface area contributed by atoms with E-state index < -0.39 is 11.6 Å². The monoisotopic (exact) mass is 304 g/mol. The fraction of sp³-hybridized carbons (Fsp3) is 0.235. The Hall–Kier alpha value is -2.56. The summed E-state index contributed by atoms with van der Waals surface area (Å²) in [5.74, 6) is 0.195. The first-order chi connectivity index (χ1) is 10.5. The van der Waals surface area contributed by atoms with Gasteiger partial charge in [0.15, 0.2) is 5.78 Å². The van der Waals surface area contributed by atoms with Gasteiger partial charge in [-0.15, -0.1) is 0 Å². The molecule has 2 rings (SSSR count). The van der Waals surface area contributed by atoms with Gasteiger partial charge in [-0.05, 0) is 30.7 Å². The molecule has 0 bridgehead atoms. The predicted molar refractivity (Wildman–Crippen MR) is 80.7 cm³/mol. The topological polar surface area (TPSA) is 44.8 Å². The molecule has 0 aromatic heterocycles. The van der Waals surface area contributed by atoms with Crippen molar-refractivity contribution in [3.63, 3.8) is 0 Å². The minimum atomic E-state index is -0.639. The van der Waals surface area contributed by atoms with E-state index in [1.807, 2.05) is 0 Å². The molecule has 0 fully saturated rings. The van der Waals surface area contributed by atoms with Gasteiger partial charge >= 0.3 is 0 Å². The summed E-state index contributed by atoms with van der Waals surface area (Å²) in [5.41, 5.74) is 1.01. The standard InChI is InChI=1S/C17H17FO4/c1-10-7-13(16(22-4)9-15(10)21-3)17(19)12-6-5-11(20-2)8-14(12)18/h5-9H,1-4H3. The fourth-order valence-corrected chi connectivity index (χ4v) is 2.19. The van der Waals surface area contributed by atoms with Gasteiger partial charge in [-0.2, -0.15) is 0 Å². The molecule has 0 radical (unpaired) electrons. The summed E-state index contributed by atoms with van der Waals surface area (Å²) >= 11 is 0. The molecule has 4 nitrogen and oxygen atoms in total. The molecule has 5 heteroatoms. The SMILES string of the molecule is COc1ccc(C(=O)c2cc(C)c(OC)cc2OC)c(F)c1. The molecular formula is C17H17FO4. The van der Waals surface area contributed by atoms with Crippen LogP contribution in [0.15, 0.2) is 30.3 Å². The summed E-state index contributed by atoms with van der Waals surface area (Å²) in [7, 11) is 4.42. The van der Waals surface area contributed by atoms with Crippen LogP contribution in [-0.4, -0.2) is 27.1 Å². The number of aryl methyl sites for hydroxylation is 1. The lowest BCUT2D eigenvalue weighted by molar-refractivity contribution is 0.103. The number of carbonyl (C=O) groups is 1. The summed E-state index contributed by atoms with van der Waals surface area (Å²) in [5, 5.41) is 0. The predicted octanol–water partition coefficient (Wildman–Crippen LogP) is 3.39. The van der Waals surface area contributed by atoms with Gasteiger partial charge in [-0.3, -0.25) is 4.79 Å². The Balaban J connectivity index is 2.51.